The third-order valence-corrected chi connectivity index (χ3v) is 7.12. The number of aliphatic hydroxyl groups is 1. The lowest BCUT2D eigenvalue weighted by Gasteiger charge is -2.70. The highest BCUT2D eigenvalue weighted by atomic mass is 79.9. The van der Waals surface area contributed by atoms with E-state index in [2.05, 4.69) is 63.8 Å². The fraction of sp³-hybridized carbons (Fsp3) is 0.700. The summed E-state index contributed by atoms with van der Waals surface area (Å²) in [5.41, 5.74) is 1.54. The molecule has 0 aliphatic carbocycles. The van der Waals surface area contributed by atoms with Crippen LogP contribution in [0.5, 0.6) is 0 Å². The first kappa shape index (κ1) is 17.0. The van der Waals surface area contributed by atoms with Gasteiger partial charge in [-0.25, -0.2) is 0 Å². The van der Waals surface area contributed by atoms with Gasteiger partial charge in [0.05, 0.1) is 12.3 Å². The zero-order valence-corrected chi connectivity index (χ0v) is 16.4. The monoisotopic (exact) mass is 392 g/mol. The van der Waals surface area contributed by atoms with Gasteiger partial charge in [-0.05, 0) is 30.5 Å². The lowest BCUT2D eigenvalue weighted by atomic mass is 9.56. The molecule has 4 heteroatoms. The Labute approximate surface area is 154 Å². The van der Waals surface area contributed by atoms with Crippen molar-refractivity contribution in [3.05, 3.63) is 34.3 Å². The van der Waals surface area contributed by atoms with Crippen LogP contribution in [0, 0.1) is 10.8 Å². The van der Waals surface area contributed by atoms with Gasteiger partial charge in [-0.15, -0.1) is 0 Å². The van der Waals surface area contributed by atoms with Crippen molar-refractivity contribution in [2.75, 3.05) is 26.2 Å². The minimum Gasteiger partial charge on any atom is -0.392 e. The maximum atomic E-state index is 11.3. The Kier molecular flexibility index (Phi) is 4.31. The molecule has 0 spiro atoms. The third kappa shape index (κ3) is 2.41. The summed E-state index contributed by atoms with van der Waals surface area (Å²) in [5, 5.41) is 11.3. The van der Waals surface area contributed by atoms with Crippen molar-refractivity contribution in [1.29, 1.82) is 0 Å². The van der Waals surface area contributed by atoms with E-state index in [-0.39, 0.29) is 16.9 Å². The molecule has 4 fully saturated rings. The number of hydrogen-bond acceptors (Lipinski definition) is 3. The van der Waals surface area contributed by atoms with E-state index in [1.165, 1.54) is 5.56 Å². The van der Waals surface area contributed by atoms with E-state index in [0.717, 1.165) is 56.3 Å². The molecule has 132 valence electrons. The molecule has 3 nitrogen and oxygen atoms in total. The Morgan fingerprint density at radius 2 is 1.42 bits per heavy atom. The highest BCUT2D eigenvalue weighted by Crippen LogP contribution is 2.57. The van der Waals surface area contributed by atoms with Gasteiger partial charge in [0.2, 0.25) is 0 Å². The summed E-state index contributed by atoms with van der Waals surface area (Å²) < 4.78 is 1.14. The van der Waals surface area contributed by atoms with Crippen LogP contribution < -0.4 is 0 Å². The molecule has 0 unspecified atom stereocenters. The number of rotatable bonds is 5. The van der Waals surface area contributed by atoms with Crippen molar-refractivity contribution >= 4 is 15.9 Å². The smallest absolute Gasteiger partial charge is 0.0887 e. The Balaban J connectivity index is 1.70. The van der Waals surface area contributed by atoms with Gasteiger partial charge in [0.1, 0.15) is 0 Å². The zero-order chi connectivity index (χ0) is 16.9. The second kappa shape index (κ2) is 6.08. The first-order valence-electron chi connectivity index (χ1n) is 9.45. The minimum atomic E-state index is -0.136. The molecule has 24 heavy (non-hydrogen) atoms. The predicted molar refractivity (Wildman–Crippen MR) is 101 cm³/mol. The van der Waals surface area contributed by atoms with E-state index in [0.29, 0.717) is 6.17 Å². The Bertz CT molecular complexity index is 560. The second-order valence-corrected chi connectivity index (χ2v) is 9.28. The van der Waals surface area contributed by atoms with Gasteiger partial charge in [0, 0.05) is 41.5 Å². The van der Waals surface area contributed by atoms with Gasteiger partial charge in [-0.3, -0.25) is 9.80 Å². The fourth-order valence-corrected chi connectivity index (χ4v) is 6.31. The van der Waals surface area contributed by atoms with Gasteiger partial charge in [-0.1, -0.05) is 54.8 Å². The van der Waals surface area contributed by atoms with Crippen molar-refractivity contribution in [3.63, 3.8) is 0 Å². The first-order chi connectivity index (χ1) is 11.5. The lowest BCUT2D eigenvalue weighted by Crippen LogP contribution is -2.78. The van der Waals surface area contributed by atoms with E-state index in [4.69, 9.17) is 0 Å². The van der Waals surface area contributed by atoms with Crippen molar-refractivity contribution in [3.8, 4) is 0 Å². The highest BCUT2D eigenvalue weighted by molar-refractivity contribution is 9.10. The van der Waals surface area contributed by atoms with Crippen LogP contribution in [-0.4, -0.2) is 47.2 Å². The van der Waals surface area contributed by atoms with Crippen LogP contribution in [0.4, 0.5) is 0 Å². The maximum Gasteiger partial charge on any atom is 0.0887 e. The molecule has 0 amide bonds. The molecule has 5 rings (SSSR count). The molecule has 0 atom stereocenters. The van der Waals surface area contributed by atoms with Crippen molar-refractivity contribution in [1.82, 2.24) is 9.80 Å². The molecular weight excluding hydrogens is 364 g/mol. The zero-order valence-electron chi connectivity index (χ0n) is 14.8. The number of benzene rings is 1. The van der Waals surface area contributed by atoms with Crippen molar-refractivity contribution in [2.24, 2.45) is 10.8 Å². The lowest BCUT2D eigenvalue weighted by molar-refractivity contribution is -0.268. The second-order valence-electron chi connectivity index (χ2n) is 8.36. The summed E-state index contributed by atoms with van der Waals surface area (Å²) >= 11 is 3.55. The molecule has 0 aromatic heterocycles. The molecule has 0 saturated carbocycles. The molecule has 1 N–H and O–H groups in total. The van der Waals surface area contributed by atoms with E-state index in [9.17, 15) is 5.11 Å². The normalized spacial score (nSPS) is 43.3. The van der Waals surface area contributed by atoms with E-state index in [1.54, 1.807) is 0 Å². The Morgan fingerprint density at radius 1 is 0.958 bits per heavy atom. The molecule has 4 aliphatic heterocycles. The standard InChI is InChI=1S/C20H29BrN2O/c1-3-9-19-11-22-13-20(10-4-2,18(19)24)14-23(12-19)17(22)15-5-7-16(21)8-6-15/h5-8,17-18,24H,3-4,9-14H2,1-2H3. The maximum absolute atomic E-state index is 11.3. The average Bonchev–Trinajstić information content (AvgIpc) is 2.54. The molecule has 4 saturated heterocycles. The van der Waals surface area contributed by atoms with Crippen LogP contribution in [0.25, 0.3) is 0 Å². The summed E-state index contributed by atoms with van der Waals surface area (Å²) in [6.07, 6.45) is 4.84. The van der Waals surface area contributed by atoms with E-state index < -0.39 is 0 Å². The van der Waals surface area contributed by atoms with Crippen LogP contribution >= 0.6 is 15.9 Å². The van der Waals surface area contributed by atoms with Gasteiger partial charge >= 0.3 is 0 Å². The van der Waals surface area contributed by atoms with Crippen LogP contribution in [0.3, 0.4) is 0 Å². The van der Waals surface area contributed by atoms with Gasteiger partial charge in [0.15, 0.2) is 0 Å². The molecule has 4 bridgehead atoms. The molecule has 4 aliphatic rings. The number of halogens is 1. The number of aliphatic hydroxyl groups excluding tert-OH is 1. The molecule has 1 aromatic rings. The number of hydrogen-bond donors (Lipinski definition) is 1. The topological polar surface area (TPSA) is 26.7 Å². The van der Waals surface area contributed by atoms with Gasteiger partial charge < -0.3 is 5.11 Å². The van der Waals surface area contributed by atoms with Crippen LogP contribution in [0.2, 0.25) is 0 Å². The summed E-state index contributed by atoms with van der Waals surface area (Å²) in [6.45, 7) is 8.70. The van der Waals surface area contributed by atoms with Crippen molar-refractivity contribution in [2.45, 2.75) is 51.8 Å². The summed E-state index contributed by atoms with van der Waals surface area (Å²) in [5.74, 6) is 0. The fourth-order valence-electron chi connectivity index (χ4n) is 6.04. The summed E-state index contributed by atoms with van der Waals surface area (Å²) in [7, 11) is 0. The average molecular weight is 393 g/mol. The predicted octanol–water partition coefficient (Wildman–Crippen LogP) is 4.03. The largest absolute Gasteiger partial charge is 0.392 e. The SMILES string of the molecule is CCCC12CN3CC(CCC)(CN(C1)C3c1ccc(Br)cc1)C2O. The molecule has 0 radical (unpaired) electrons. The molecular formula is C20H29BrN2O. The highest BCUT2D eigenvalue weighted by Gasteiger charge is 2.64. The number of nitrogens with zero attached hydrogens (tertiary/aromatic N) is 2. The van der Waals surface area contributed by atoms with Gasteiger partial charge in [0.25, 0.3) is 0 Å². The van der Waals surface area contributed by atoms with Gasteiger partial charge in [-0.2, -0.15) is 0 Å². The van der Waals surface area contributed by atoms with Crippen LogP contribution in [0.1, 0.15) is 51.3 Å². The summed E-state index contributed by atoms with van der Waals surface area (Å²) in [4.78, 5) is 5.32. The third-order valence-electron chi connectivity index (χ3n) is 6.59. The minimum absolute atomic E-state index is 0.0757. The van der Waals surface area contributed by atoms with Crippen molar-refractivity contribution < 1.29 is 5.11 Å². The van der Waals surface area contributed by atoms with E-state index >= 15 is 0 Å². The number of piperidine rings is 2. The summed E-state index contributed by atoms with van der Waals surface area (Å²) in [6, 6.07) is 8.82. The quantitative estimate of drug-likeness (QED) is 0.819. The molecule has 1 aromatic carbocycles. The Hall–Kier alpha value is -0.420. The van der Waals surface area contributed by atoms with Crippen LogP contribution in [0.15, 0.2) is 28.7 Å². The first-order valence-corrected chi connectivity index (χ1v) is 10.2. The Morgan fingerprint density at radius 3 is 1.83 bits per heavy atom. The van der Waals surface area contributed by atoms with E-state index in [1.807, 2.05) is 0 Å². The molecule has 4 heterocycles. The van der Waals surface area contributed by atoms with Crippen LogP contribution in [-0.2, 0) is 0 Å².